The molecule has 1 atom stereocenters. The summed E-state index contributed by atoms with van der Waals surface area (Å²) in [6.07, 6.45) is 4.72. The maximum Gasteiger partial charge on any atom is 0.338 e. The summed E-state index contributed by atoms with van der Waals surface area (Å²) in [6.45, 7) is 10.3. The molecule has 0 amide bonds. The number of aromatic nitrogens is 1. The highest BCUT2D eigenvalue weighted by Crippen LogP contribution is 2.38. The minimum Gasteiger partial charge on any atom is -0.496 e. The quantitative estimate of drug-likeness (QED) is 0.211. The molecule has 1 aliphatic heterocycles. The zero-order valence-electron chi connectivity index (χ0n) is 23.6. The van der Waals surface area contributed by atoms with Crippen molar-refractivity contribution in [2.45, 2.75) is 39.7 Å². The fraction of sp³-hybridized carbons (Fsp3) is 0.323. The van der Waals surface area contributed by atoms with Crippen LogP contribution in [0.1, 0.15) is 50.8 Å². The second-order valence-corrected chi connectivity index (χ2v) is 10.5. The van der Waals surface area contributed by atoms with E-state index in [9.17, 15) is 9.59 Å². The van der Waals surface area contributed by atoms with Gasteiger partial charge in [0.05, 0.1) is 36.1 Å². The Morgan fingerprint density at radius 3 is 2.56 bits per heavy atom. The van der Waals surface area contributed by atoms with Crippen molar-refractivity contribution in [1.29, 1.82) is 0 Å². The first-order valence-corrected chi connectivity index (χ1v) is 14.6. The van der Waals surface area contributed by atoms with Crippen LogP contribution in [0.25, 0.3) is 6.08 Å². The Morgan fingerprint density at radius 1 is 1.10 bits per heavy atom. The number of methoxy groups -OCH3 is 1. The SMILES string of the molecule is C=CCOc1ccc(/C=c2/sc3n(c2=O)[C@@H](c2cc(Cl)ccc2OC)C(C(=O)OCC)=C(CCC)N=3)cc1OCC. The van der Waals surface area contributed by atoms with Crippen molar-refractivity contribution >= 4 is 35.0 Å². The lowest BCUT2D eigenvalue weighted by Gasteiger charge is -2.27. The molecule has 216 valence electrons. The average Bonchev–Trinajstić information content (AvgIpc) is 3.26. The Balaban J connectivity index is 1.97. The highest BCUT2D eigenvalue weighted by molar-refractivity contribution is 7.07. The molecule has 0 fully saturated rings. The Morgan fingerprint density at radius 2 is 1.88 bits per heavy atom. The summed E-state index contributed by atoms with van der Waals surface area (Å²) in [7, 11) is 1.54. The molecular formula is C31H33ClN2O6S. The van der Waals surface area contributed by atoms with E-state index in [1.54, 1.807) is 43.3 Å². The van der Waals surface area contributed by atoms with Gasteiger partial charge >= 0.3 is 5.97 Å². The molecule has 10 heteroatoms. The fourth-order valence-corrected chi connectivity index (χ4v) is 5.84. The van der Waals surface area contributed by atoms with Crippen molar-refractivity contribution in [2.24, 2.45) is 4.99 Å². The van der Waals surface area contributed by atoms with Crippen molar-refractivity contribution in [3.63, 3.8) is 0 Å². The first kappa shape index (κ1) is 30.1. The van der Waals surface area contributed by atoms with E-state index in [0.29, 0.717) is 68.1 Å². The number of esters is 1. The molecule has 0 saturated carbocycles. The topological polar surface area (TPSA) is 88.4 Å². The molecule has 0 bridgehead atoms. The van der Waals surface area contributed by atoms with E-state index in [1.807, 2.05) is 26.0 Å². The maximum absolute atomic E-state index is 14.1. The van der Waals surface area contributed by atoms with Gasteiger partial charge in [-0.3, -0.25) is 9.36 Å². The molecule has 0 saturated heterocycles. The smallest absolute Gasteiger partial charge is 0.338 e. The second kappa shape index (κ2) is 13.7. The summed E-state index contributed by atoms with van der Waals surface area (Å²) in [5.74, 6) is 1.11. The number of fused-ring (bicyclic) bond motifs is 1. The van der Waals surface area contributed by atoms with Gasteiger partial charge in [-0.05, 0) is 62.2 Å². The maximum atomic E-state index is 14.1. The number of hydrogen-bond donors (Lipinski definition) is 0. The van der Waals surface area contributed by atoms with Gasteiger partial charge in [-0.2, -0.15) is 0 Å². The number of thiazole rings is 1. The Hall–Kier alpha value is -3.82. The van der Waals surface area contributed by atoms with E-state index in [-0.39, 0.29) is 12.2 Å². The highest BCUT2D eigenvalue weighted by atomic mass is 35.5. The van der Waals surface area contributed by atoms with Crippen LogP contribution < -0.4 is 29.1 Å². The molecule has 0 radical (unpaired) electrons. The Labute approximate surface area is 247 Å². The molecule has 2 aromatic carbocycles. The fourth-order valence-electron chi connectivity index (χ4n) is 4.64. The molecule has 0 spiro atoms. The molecule has 41 heavy (non-hydrogen) atoms. The molecule has 1 aromatic heterocycles. The normalized spacial score (nSPS) is 14.8. The van der Waals surface area contributed by atoms with Gasteiger partial charge < -0.3 is 18.9 Å². The van der Waals surface area contributed by atoms with Crippen LogP contribution in [0.5, 0.6) is 17.2 Å². The lowest BCUT2D eigenvalue weighted by Crippen LogP contribution is -2.40. The van der Waals surface area contributed by atoms with E-state index in [0.717, 1.165) is 12.0 Å². The van der Waals surface area contributed by atoms with E-state index >= 15 is 0 Å². The van der Waals surface area contributed by atoms with Crippen molar-refractivity contribution in [3.05, 3.63) is 96.2 Å². The molecular weight excluding hydrogens is 564 g/mol. The van der Waals surface area contributed by atoms with Gasteiger partial charge in [0.15, 0.2) is 16.3 Å². The number of ether oxygens (including phenoxy) is 4. The van der Waals surface area contributed by atoms with Crippen LogP contribution in [0.3, 0.4) is 0 Å². The van der Waals surface area contributed by atoms with Crippen LogP contribution in [0.4, 0.5) is 0 Å². The lowest BCUT2D eigenvalue weighted by molar-refractivity contribution is -0.139. The number of benzene rings is 2. The lowest BCUT2D eigenvalue weighted by atomic mass is 9.93. The first-order chi connectivity index (χ1) is 19.9. The minimum atomic E-state index is -0.837. The molecule has 2 heterocycles. The van der Waals surface area contributed by atoms with Gasteiger partial charge in [0, 0.05) is 10.6 Å². The van der Waals surface area contributed by atoms with E-state index in [1.165, 1.54) is 23.0 Å². The minimum absolute atomic E-state index is 0.181. The van der Waals surface area contributed by atoms with Gasteiger partial charge in [-0.15, -0.1) is 0 Å². The predicted molar refractivity (Wildman–Crippen MR) is 161 cm³/mol. The van der Waals surface area contributed by atoms with Crippen LogP contribution in [-0.2, 0) is 9.53 Å². The standard InChI is InChI=1S/C31H33ClN2O6S/c1-6-10-22-27(30(36)39-9-4)28(21-18-20(32)12-14-23(21)37-5)34-29(35)26(41-31(34)33-22)17-19-11-13-24(40-15-7-2)25(16-19)38-8-3/h7,11-14,16-18,28H,2,6,8-10,15H2,1,3-5H3/b26-17+/t28-/m0/s1. The van der Waals surface area contributed by atoms with Crippen LogP contribution in [-0.4, -0.2) is 37.5 Å². The first-order valence-electron chi connectivity index (χ1n) is 13.4. The Kier molecular flexibility index (Phi) is 10.1. The number of allylic oxidation sites excluding steroid dienone is 1. The average molecular weight is 597 g/mol. The number of rotatable bonds is 12. The predicted octanol–water partition coefficient (Wildman–Crippen LogP) is 5.20. The van der Waals surface area contributed by atoms with Gasteiger partial charge in [0.1, 0.15) is 18.4 Å². The van der Waals surface area contributed by atoms with Crippen molar-refractivity contribution < 1.29 is 23.7 Å². The summed E-state index contributed by atoms with van der Waals surface area (Å²) < 4.78 is 24.6. The number of carbonyl (C=O) groups excluding carboxylic acids is 1. The summed E-state index contributed by atoms with van der Waals surface area (Å²) >= 11 is 7.66. The number of halogens is 1. The number of nitrogens with zero attached hydrogens (tertiary/aromatic N) is 2. The highest BCUT2D eigenvalue weighted by Gasteiger charge is 2.36. The van der Waals surface area contributed by atoms with Crippen LogP contribution in [0.15, 0.2) is 70.1 Å². The zero-order valence-corrected chi connectivity index (χ0v) is 25.1. The largest absolute Gasteiger partial charge is 0.496 e. The van der Waals surface area contributed by atoms with Gasteiger partial charge in [0.25, 0.3) is 5.56 Å². The zero-order chi connectivity index (χ0) is 29.5. The van der Waals surface area contributed by atoms with Crippen molar-refractivity contribution in [1.82, 2.24) is 4.57 Å². The van der Waals surface area contributed by atoms with Gasteiger partial charge in [0.2, 0.25) is 0 Å². The van der Waals surface area contributed by atoms with Crippen LogP contribution in [0, 0.1) is 0 Å². The molecule has 0 N–H and O–H groups in total. The molecule has 3 aromatic rings. The second-order valence-electron chi connectivity index (χ2n) is 9.04. The third-order valence-electron chi connectivity index (χ3n) is 6.30. The van der Waals surface area contributed by atoms with E-state index in [2.05, 4.69) is 6.58 Å². The van der Waals surface area contributed by atoms with Gasteiger partial charge in [-0.25, -0.2) is 9.79 Å². The Bertz CT molecular complexity index is 1660. The third-order valence-corrected chi connectivity index (χ3v) is 7.52. The third kappa shape index (κ3) is 6.41. The van der Waals surface area contributed by atoms with Crippen molar-refractivity contribution in [3.8, 4) is 17.2 Å². The van der Waals surface area contributed by atoms with Crippen LogP contribution in [0.2, 0.25) is 5.02 Å². The van der Waals surface area contributed by atoms with E-state index < -0.39 is 12.0 Å². The molecule has 8 nitrogen and oxygen atoms in total. The molecule has 0 aliphatic carbocycles. The number of carbonyl (C=O) groups is 1. The van der Waals surface area contributed by atoms with E-state index in [4.69, 9.17) is 35.5 Å². The van der Waals surface area contributed by atoms with Crippen LogP contribution >= 0.6 is 22.9 Å². The summed E-state index contributed by atoms with van der Waals surface area (Å²) in [4.78, 5) is 32.8. The van der Waals surface area contributed by atoms with Crippen molar-refractivity contribution in [2.75, 3.05) is 26.9 Å². The van der Waals surface area contributed by atoms with Gasteiger partial charge in [-0.1, -0.05) is 55.0 Å². The molecule has 0 unspecified atom stereocenters. The molecule has 4 rings (SSSR count). The molecule has 1 aliphatic rings. The summed E-state index contributed by atoms with van der Waals surface area (Å²) in [5.41, 5.74) is 1.90. The summed E-state index contributed by atoms with van der Waals surface area (Å²) in [5, 5.41) is 0.447. The summed E-state index contributed by atoms with van der Waals surface area (Å²) in [6, 6.07) is 9.78. The number of hydrogen-bond acceptors (Lipinski definition) is 8. The monoisotopic (exact) mass is 596 g/mol.